The van der Waals surface area contributed by atoms with Crippen LogP contribution in [0, 0.1) is 0 Å². The Balaban J connectivity index is 2.02. The number of hydrogen-bond acceptors (Lipinski definition) is 4. The molecule has 3 nitrogen and oxygen atoms in total. The van der Waals surface area contributed by atoms with E-state index in [9.17, 15) is 0 Å². The normalized spacial score (nSPS) is 17.9. The van der Waals surface area contributed by atoms with E-state index < -0.39 is 0 Å². The number of thioether (sulfide) groups is 1. The third-order valence-corrected chi connectivity index (χ3v) is 4.19. The van der Waals surface area contributed by atoms with E-state index in [0.29, 0.717) is 6.54 Å². The van der Waals surface area contributed by atoms with Crippen molar-refractivity contribution in [3.05, 3.63) is 17.8 Å². The van der Waals surface area contributed by atoms with Crippen LogP contribution >= 0.6 is 11.8 Å². The summed E-state index contributed by atoms with van der Waals surface area (Å²) in [6.45, 7) is 0.560. The molecule has 0 amide bonds. The van der Waals surface area contributed by atoms with Crippen LogP contribution in [0.4, 0.5) is 0 Å². The summed E-state index contributed by atoms with van der Waals surface area (Å²) in [5.41, 5.74) is 6.80. The van der Waals surface area contributed by atoms with Gasteiger partial charge in [-0.3, -0.25) is 0 Å². The molecule has 1 saturated carbocycles. The predicted molar refractivity (Wildman–Crippen MR) is 62.7 cm³/mol. The molecule has 2 rings (SSSR count). The molecule has 1 aromatic rings. The Morgan fingerprint density at radius 2 is 2.13 bits per heavy atom. The molecule has 1 fully saturated rings. The first-order valence-corrected chi connectivity index (χ1v) is 6.45. The van der Waals surface area contributed by atoms with Gasteiger partial charge in [0.2, 0.25) is 0 Å². The van der Waals surface area contributed by atoms with Crippen LogP contribution in [-0.2, 0) is 6.54 Å². The quantitative estimate of drug-likeness (QED) is 0.854. The second-order valence-corrected chi connectivity index (χ2v) is 5.23. The third kappa shape index (κ3) is 2.92. The minimum Gasteiger partial charge on any atom is -0.326 e. The molecule has 0 unspecified atom stereocenters. The minimum absolute atomic E-state index is 0.560. The Kier molecular flexibility index (Phi) is 3.97. The molecule has 0 atom stereocenters. The number of nitrogens with two attached hydrogens (primary N) is 1. The number of hydrogen-bond donors (Lipinski definition) is 1. The maximum Gasteiger partial charge on any atom is 0.124 e. The van der Waals surface area contributed by atoms with E-state index in [1.54, 1.807) is 6.20 Å². The van der Waals surface area contributed by atoms with Crippen LogP contribution in [0.5, 0.6) is 0 Å². The van der Waals surface area contributed by atoms with Gasteiger partial charge in [0.1, 0.15) is 5.03 Å². The van der Waals surface area contributed by atoms with Crippen LogP contribution < -0.4 is 5.73 Å². The van der Waals surface area contributed by atoms with Crippen molar-refractivity contribution in [1.82, 2.24) is 10.2 Å². The molecular weight excluding hydrogens is 206 g/mol. The maximum absolute atomic E-state index is 5.67. The van der Waals surface area contributed by atoms with Crippen molar-refractivity contribution in [2.24, 2.45) is 5.73 Å². The monoisotopic (exact) mass is 223 g/mol. The van der Waals surface area contributed by atoms with Crippen molar-refractivity contribution >= 4 is 11.8 Å². The minimum atomic E-state index is 0.560. The molecule has 0 saturated heterocycles. The average molecular weight is 223 g/mol. The van der Waals surface area contributed by atoms with Gasteiger partial charge in [-0.05, 0) is 18.9 Å². The lowest BCUT2D eigenvalue weighted by Gasteiger charge is -2.20. The fraction of sp³-hybridized carbons (Fsp3) is 0.636. The lowest BCUT2D eigenvalue weighted by Crippen LogP contribution is -2.10. The lowest BCUT2D eigenvalue weighted by molar-refractivity contribution is 0.515. The van der Waals surface area contributed by atoms with Crippen molar-refractivity contribution < 1.29 is 0 Å². The molecule has 0 radical (unpaired) electrons. The molecule has 0 bridgehead atoms. The summed E-state index contributed by atoms with van der Waals surface area (Å²) in [5, 5.41) is 9.87. The summed E-state index contributed by atoms with van der Waals surface area (Å²) >= 11 is 1.86. The predicted octanol–water partition coefficient (Wildman–Crippen LogP) is 2.36. The van der Waals surface area contributed by atoms with Crippen LogP contribution in [0.25, 0.3) is 0 Å². The lowest BCUT2D eigenvalue weighted by atomic mass is 10.0. The number of aromatic nitrogens is 2. The summed E-state index contributed by atoms with van der Waals surface area (Å²) in [4.78, 5) is 0. The Bertz CT molecular complexity index is 310. The molecule has 15 heavy (non-hydrogen) atoms. The van der Waals surface area contributed by atoms with Gasteiger partial charge >= 0.3 is 0 Å². The van der Waals surface area contributed by atoms with Gasteiger partial charge in [-0.1, -0.05) is 19.3 Å². The zero-order chi connectivity index (χ0) is 10.5. The van der Waals surface area contributed by atoms with E-state index in [2.05, 4.69) is 10.2 Å². The van der Waals surface area contributed by atoms with Crippen LogP contribution in [0.2, 0.25) is 0 Å². The molecular formula is C11H17N3S. The van der Waals surface area contributed by atoms with Gasteiger partial charge in [-0.2, -0.15) is 5.10 Å². The Morgan fingerprint density at radius 3 is 2.87 bits per heavy atom. The molecule has 1 aromatic heterocycles. The van der Waals surface area contributed by atoms with Crippen molar-refractivity contribution in [2.75, 3.05) is 0 Å². The molecule has 0 aliphatic heterocycles. The van der Waals surface area contributed by atoms with E-state index in [4.69, 9.17) is 5.73 Å². The average Bonchev–Trinajstić information content (AvgIpc) is 2.31. The van der Waals surface area contributed by atoms with Gasteiger partial charge in [-0.25, -0.2) is 0 Å². The van der Waals surface area contributed by atoms with Gasteiger partial charge in [0.25, 0.3) is 0 Å². The topological polar surface area (TPSA) is 51.8 Å². The van der Waals surface area contributed by atoms with E-state index in [0.717, 1.165) is 15.8 Å². The summed E-state index contributed by atoms with van der Waals surface area (Å²) in [7, 11) is 0. The molecule has 82 valence electrons. The first-order chi connectivity index (χ1) is 7.40. The van der Waals surface area contributed by atoms with Gasteiger partial charge in [0.05, 0.1) is 0 Å². The number of nitrogens with zero attached hydrogens (tertiary/aromatic N) is 2. The molecule has 0 aromatic carbocycles. The Labute approximate surface area is 94.9 Å². The smallest absolute Gasteiger partial charge is 0.124 e. The molecule has 2 N–H and O–H groups in total. The highest BCUT2D eigenvalue weighted by Crippen LogP contribution is 2.33. The zero-order valence-electron chi connectivity index (χ0n) is 8.85. The zero-order valence-corrected chi connectivity index (χ0v) is 9.67. The fourth-order valence-corrected chi connectivity index (χ4v) is 3.22. The second-order valence-electron chi connectivity index (χ2n) is 3.94. The molecule has 1 aliphatic rings. The van der Waals surface area contributed by atoms with Crippen molar-refractivity contribution in [2.45, 2.75) is 48.9 Å². The van der Waals surface area contributed by atoms with Crippen LogP contribution in [-0.4, -0.2) is 15.4 Å². The van der Waals surface area contributed by atoms with Crippen LogP contribution in [0.1, 0.15) is 37.7 Å². The number of rotatable bonds is 3. The summed E-state index contributed by atoms with van der Waals surface area (Å²) < 4.78 is 0. The van der Waals surface area contributed by atoms with E-state index in [-0.39, 0.29) is 0 Å². The fourth-order valence-electron chi connectivity index (χ4n) is 1.94. The van der Waals surface area contributed by atoms with Crippen LogP contribution in [0.15, 0.2) is 17.3 Å². The van der Waals surface area contributed by atoms with E-state index >= 15 is 0 Å². The second kappa shape index (κ2) is 5.47. The molecule has 0 spiro atoms. The Morgan fingerprint density at radius 1 is 1.33 bits per heavy atom. The maximum atomic E-state index is 5.67. The highest BCUT2D eigenvalue weighted by molar-refractivity contribution is 7.99. The van der Waals surface area contributed by atoms with Crippen molar-refractivity contribution in [1.29, 1.82) is 0 Å². The van der Waals surface area contributed by atoms with Crippen LogP contribution in [0.3, 0.4) is 0 Å². The SMILES string of the molecule is NCc1ccnnc1SC1CCCCC1. The van der Waals surface area contributed by atoms with Gasteiger partial charge in [0.15, 0.2) is 0 Å². The summed E-state index contributed by atoms with van der Waals surface area (Å²) in [6.07, 6.45) is 8.44. The van der Waals surface area contributed by atoms with Gasteiger partial charge in [0, 0.05) is 23.6 Å². The first-order valence-electron chi connectivity index (χ1n) is 5.57. The van der Waals surface area contributed by atoms with Gasteiger partial charge < -0.3 is 5.73 Å². The molecule has 1 heterocycles. The van der Waals surface area contributed by atoms with E-state index in [1.165, 1.54) is 32.1 Å². The molecule has 4 heteroatoms. The van der Waals surface area contributed by atoms with E-state index in [1.807, 2.05) is 17.8 Å². The van der Waals surface area contributed by atoms with Gasteiger partial charge in [-0.15, -0.1) is 16.9 Å². The standard InChI is InChI=1S/C11H17N3S/c12-8-9-6-7-13-14-11(9)15-10-4-2-1-3-5-10/h6-7,10H,1-5,8,12H2. The summed E-state index contributed by atoms with van der Waals surface area (Å²) in [6, 6.07) is 1.97. The Hall–Kier alpha value is -0.610. The first kappa shape index (κ1) is 10.9. The van der Waals surface area contributed by atoms with Crippen molar-refractivity contribution in [3.8, 4) is 0 Å². The summed E-state index contributed by atoms with van der Waals surface area (Å²) in [5.74, 6) is 0. The molecule has 1 aliphatic carbocycles. The highest BCUT2D eigenvalue weighted by atomic mass is 32.2. The van der Waals surface area contributed by atoms with Crippen molar-refractivity contribution in [3.63, 3.8) is 0 Å². The largest absolute Gasteiger partial charge is 0.326 e. The third-order valence-electron chi connectivity index (χ3n) is 2.82. The highest BCUT2D eigenvalue weighted by Gasteiger charge is 2.16.